The second kappa shape index (κ2) is 6.90. The minimum atomic E-state index is -0.473. The van der Waals surface area contributed by atoms with Gasteiger partial charge in [0.05, 0.1) is 11.6 Å². The lowest BCUT2D eigenvalue weighted by Gasteiger charge is -2.09. The first-order valence-electron chi connectivity index (χ1n) is 5.87. The number of aromatic hydroxyl groups is 1. The van der Waals surface area contributed by atoms with Crippen LogP contribution in [0.2, 0.25) is 0 Å². The third-order valence-corrected chi connectivity index (χ3v) is 2.88. The van der Waals surface area contributed by atoms with Crippen LogP contribution in [0.3, 0.4) is 0 Å². The minimum Gasteiger partial charge on any atom is -0.507 e. The van der Waals surface area contributed by atoms with E-state index in [9.17, 15) is 9.50 Å². The third-order valence-electron chi connectivity index (χ3n) is 2.88. The number of phenols is 1. The minimum absolute atomic E-state index is 0. The summed E-state index contributed by atoms with van der Waals surface area (Å²) in [6.45, 7) is 0.477. The van der Waals surface area contributed by atoms with Gasteiger partial charge in [0.1, 0.15) is 11.6 Å². The summed E-state index contributed by atoms with van der Waals surface area (Å²) < 4.78 is 13.8. The predicted octanol–water partition coefficient (Wildman–Crippen LogP) is 2.99. The van der Waals surface area contributed by atoms with Crippen molar-refractivity contribution in [1.82, 2.24) is 0 Å². The molecule has 104 valence electrons. The van der Waals surface area contributed by atoms with Crippen LogP contribution in [-0.4, -0.2) is 11.7 Å². The summed E-state index contributed by atoms with van der Waals surface area (Å²) in [5.41, 5.74) is 7.34. The second-order valence-electron chi connectivity index (χ2n) is 4.20. The molecule has 0 aliphatic rings. The molecule has 2 aromatic carbocycles. The van der Waals surface area contributed by atoms with Crippen molar-refractivity contribution in [3.8, 4) is 22.9 Å². The fourth-order valence-corrected chi connectivity index (χ4v) is 1.92. The lowest BCUT2D eigenvalue weighted by Crippen LogP contribution is -2.02. The molecule has 0 aromatic heterocycles. The number of nitriles is 1. The molecule has 0 amide bonds. The number of rotatable bonds is 3. The maximum absolute atomic E-state index is 13.8. The van der Waals surface area contributed by atoms with Crippen LogP contribution in [0.15, 0.2) is 36.4 Å². The number of phenolic OH excluding ortho intramolecular Hbond substituents is 1. The molecule has 2 rings (SSSR count). The molecule has 0 unspecified atom stereocenters. The van der Waals surface area contributed by atoms with Gasteiger partial charge < -0.3 is 10.8 Å². The summed E-state index contributed by atoms with van der Waals surface area (Å²) in [5, 5.41) is 18.7. The zero-order chi connectivity index (χ0) is 13.8. The molecule has 2 aromatic rings. The van der Waals surface area contributed by atoms with Crippen molar-refractivity contribution in [2.45, 2.75) is 6.42 Å². The molecule has 0 saturated carbocycles. The smallest absolute Gasteiger partial charge is 0.131 e. The molecular formula is C15H14ClFN2O. The molecule has 3 N–H and O–H groups in total. The van der Waals surface area contributed by atoms with Crippen LogP contribution in [0.25, 0.3) is 11.1 Å². The van der Waals surface area contributed by atoms with E-state index in [4.69, 9.17) is 11.0 Å². The molecule has 0 fully saturated rings. The number of benzene rings is 2. The summed E-state index contributed by atoms with van der Waals surface area (Å²) in [5.74, 6) is -0.492. The van der Waals surface area contributed by atoms with Crippen molar-refractivity contribution in [3.05, 3.63) is 53.3 Å². The van der Waals surface area contributed by atoms with Gasteiger partial charge in [0.25, 0.3) is 0 Å². The number of hydrogen-bond acceptors (Lipinski definition) is 3. The van der Waals surface area contributed by atoms with E-state index < -0.39 is 5.82 Å². The van der Waals surface area contributed by atoms with E-state index >= 15 is 0 Å². The lowest BCUT2D eigenvalue weighted by atomic mass is 9.98. The maximum atomic E-state index is 13.8. The molecule has 0 heterocycles. The molecular weight excluding hydrogens is 279 g/mol. The quantitative estimate of drug-likeness (QED) is 0.913. The molecule has 0 saturated heterocycles. The molecule has 20 heavy (non-hydrogen) atoms. The SMILES string of the molecule is Cl.N#Cc1ccc(F)c(-c2cc(CCN)ccc2O)c1. The molecule has 3 nitrogen and oxygen atoms in total. The number of halogens is 2. The largest absolute Gasteiger partial charge is 0.507 e. The average molecular weight is 293 g/mol. The summed E-state index contributed by atoms with van der Waals surface area (Å²) in [6, 6.07) is 11.0. The normalized spacial score (nSPS) is 9.65. The molecule has 0 bridgehead atoms. The van der Waals surface area contributed by atoms with Gasteiger partial charge >= 0.3 is 0 Å². The number of nitrogens with two attached hydrogens (primary N) is 1. The number of nitrogens with zero attached hydrogens (tertiary/aromatic N) is 1. The highest BCUT2D eigenvalue weighted by molar-refractivity contribution is 5.85. The Kier molecular flexibility index (Phi) is 5.51. The molecule has 0 radical (unpaired) electrons. The van der Waals surface area contributed by atoms with Crippen molar-refractivity contribution in [1.29, 1.82) is 5.26 Å². The van der Waals surface area contributed by atoms with E-state index in [2.05, 4.69) is 0 Å². The van der Waals surface area contributed by atoms with Crippen LogP contribution in [0, 0.1) is 17.1 Å². The van der Waals surface area contributed by atoms with Gasteiger partial charge in [-0.3, -0.25) is 0 Å². The van der Waals surface area contributed by atoms with Crippen LogP contribution >= 0.6 is 12.4 Å². The van der Waals surface area contributed by atoms with Gasteiger partial charge in [-0.25, -0.2) is 4.39 Å². The van der Waals surface area contributed by atoms with Gasteiger partial charge in [-0.2, -0.15) is 5.26 Å². The van der Waals surface area contributed by atoms with Crippen molar-refractivity contribution in [3.63, 3.8) is 0 Å². The monoisotopic (exact) mass is 292 g/mol. The highest BCUT2D eigenvalue weighted by atomic mass is 35.5. The Morgan fingerprint density at radius 3 is 2.55 bits per heavy atom. The van der Waals surface area contributed by atoms with Crippen LogP contribution in [0.5, 0.6) is 5.75 Å². The lowest BCUT2D eigenvalue weighted by molar-refractivity contribution is 0.476. The summed E-state index contributed by atoms with van der Waals surface area (Å²) in [7, 11) is 0. The van der Waals surface area contributed by atoms with Crippen molar-refractivity contribution < 1.29 is 9.50 Å². The van der Waals surface area contributed by atoms with Crippen molar-refractivity contribution in [2.75, 3.05) is 6.54 Å². The van der Waals surface area contributed by atoms with E-state index in [1.165, 1.54) is 24.3 Å². The summed E-state index contributed by atoms with van der Waals surface area (Å²) >= 11 is 0. The summed E-state index contributed by atoms with van der Waals surface area (Å²) in [4.78, 5) is 0. The predicted molar refractivity (Wildman–Crippen MR) is 78.2 cm³/mol. The Bertz CT molecular complexity index is 653. The molecule has 0 atom stereocenters. The van der Waals surface area contributed by atoms with Crippen LogP contribution in [0.4, 0.5) is 4.39 Å². The standard InChI is InChI=1S/C15H13FN2O.ClH/c16-14-3-1-11(9-18)8-12(14)13-7-10(5-6-17)2-4-15(13)19;/h1-4,7-8,19H,5-6,17H2;1H. The fourth-order valence-electron chi connectivity index (χ4n) is 1.92. The topological polar surface area (TPSA) is 70.0 Å². The van der Waals surface area contributed by atoms with Crippen LogP contribution < -0.4 is 5.73 Å². The first-order chi connectivity index (χ1) is 9.15. The van der Waals surface area contributed by atoms with E-state index in [-0.39, 0.29) is 23.7 Å². The van der Waals surface area contributed by atoms with Gasteiger partial charge in [0, 0.05) is 11.1 Å². The van der Waals surface area contributed by atoms with Gasteiger partial charge in [0.15, 0.2) is 0 Å². The second-order valence-corrected chi connectivity index (χ2v) is 4.20. The average Bonchev–Trinajstić information content (AvgIpc) is 2.42. The zero-order valence-corrected chi connectivity index (χ0v) is 11.5. The Hall–Kier alpha value is -2.09. The highest BCUT2D eigenvalue weighted by Crippen LogP contribution is 2.32. The first kappa shape index (κ1) is 16.0. The van der Waals surface area contributed by atoms with E-state index in [0.717, 1.165) is 5.56 Å². The van der Waals surface area contributed by atoms with Crippen molar-refractivity contribution in [2.24, 2.45) is 5.73 Å². The van der Waals surface area contributed by atoms with Crippen LogP contribution in [0.1, 0.15) is 11.1 Å². The van der Waals surface area contributed by atoms with E-state index in [0.29, 0.717) is 24.1 Å². The molecule has 5 heteroatoms. The van der Waals surface area contributed by atoms with Crippen molar-refractivity contribution >= 4 is 12.4 Å². The number of hydrogen-bond donors (Lipinski definition) is 2. The van der Waals surface area contributed by atoms with E-state index in [1.54, 1.807) is 12.1 Å². The Balaban J connectivity index is 0.00000200. The van der Waals surface area contributed by atoms with Crippen LogP contribution in [-0.2, 0) is 6.42 Å². The first-order valence-corrected chi connectivity index (χ1v) is 5.87. The zero-order valence-electron chi connectivity index (χ0n) is 10.6. The Morgan fingerprint density at radius 1 is 1.15 bits per heavy atom. The molecule has 0 aliphatic carbocycles. The van der Waals surface area contributed by atoms with Gasteiger partial charge in [0.2, 0.25) is 0 Å². The van der Waals surface area contributed by atoms with Gasteiger partial charge in [-0.05, 0) is 48.9 Å². The molecule has 0 spiro atoms. The molecule has 0 aliphatic heterocycles. The summed E-state index contributed by atoms with van der Waals surface area (Å²) in [6.07, 6.45) is 0.646. The highest BCUT2D eigenvalue weighted by Gasteiger charge is 2.11. The van der Waals surface area contributed by atoms with E-state index in [1.807, 2.05) is 6.07 Å². The fraction of sp³-hybridized carbons (Fsp3) is 0.133. The third kappa shape index (κ3) is 3.27. The van der Waals surface area contributed by atoms with Gasteiger partial charge in [-0.15, -0.1) is 12.4 Å². The van der Waals surface area contributed by atoms with Gasteiger partial charge in [-0.1, -0.05) is 6.07 Å². The maximum Gasteiger partial charge on any atom is 0.131 e. The Morgan fingerprint density at radius 2 is 1.90 bits per heavy atom. The Labute approximate surface area is 122 Å².